The van der Waals surface area contributed by atoms with Gasteiger partial charge in [0.25, 0.3) is 5.56 Å². The van der Waals surface area contributed by atoms with Crippen molar-refractivity contribution < 1.29 is 0 Å². The van der Waals surface area contributed by atoms with Gasteiger partial charge in [-0.05, 0) is 49.6 Å². The first-order valence-electron chi connectivity index (χ1n) is 8.03. The molecule has 0 radical (unpaired) electrons. The van der Waals surface area contributed by atoms with Crippen LogP contribution < -0.4 is 5.56 Å². The van der Waals surface area contributed by atoms with Crippen molar-refractivity contribution in [1.29, 1.82) is 0 Å². The van der Waals surface area contributed by atoms with Crippen LogP contribution in [0.4, 0.5) is 0 Å². The fourth-order valence-corrected chi connectivity index (χ4v) is 3.51. The first kappa shape index (κ1) is 13.1. The van der Waals surface area contributed by atoms with Crippen LogP contribution >= 0.6 is 0 Å². The van der Waals surface area contributed by atoms with Crippen LogP contribution in [0, 0.1) is 5.92 Å². The van der Waals surface area contributed by atoms with Crippen LogP contribution in [0.1, 0.15) is 49.9 Å². The van der Waals surface area contributed by atoms with E-state index in [-0.39, 0.29) is 5.56 Å². The van der Waals surface area contributed by atoms with Gasteiger partial charge in [0.1, 0.15) is 5.82 Å². The highest BCUT2D eigenvalue weighted by Crippen LogP contribution is 2.41. The summed E-state index contributed by atoms with van der Waals surface area (Å²) in [6.45, 7) is 5.39. The SMILES string of the molecule is CC1CCCN(Cc2nc3c(=O)[nH]cc(C4CC4)c3[nH]2)C1. The van der Waals surface area contributed by atoms with Gasteiger partial charge < -0.3 is 9.97 Å². The maximum Gasteiger partial charge on any atom is 0.276 e. The van der Waals surface area contributed by atoms with Crippen molar-refractivity contribution in [1.82, 2.24) is 19.9 Å². The molecule has 5 nitrogen and oxygen atoms in total. The molecule has 2 aromatic heterocycles. The molecule has 3 heterocycles. The van der Waals surface area contributed by atoms with Gasteiger partial charge in [-0.2, -0.15) is 0 Å². The van der Waals surface area contributed by atoms with E-state index in [0.29, 0.717) is 11.4 Å². The maximum absolute atomic E-state index is 12.0. The number of piperidine rings is 1. The second-order valence-corrected chi connectivity index (χ2v) is 6.74. The summed E-state index contributed by atoms with van der Waals surface area (Å²) in [5.41, 5.74) is 2.69. The van der Waals surface area contributed by atoms with Crippen molar-refractivity contribution in [2.75, 3.05) is 13.1 Å². The molecule has 5 heteroatoms. The number of fused-ring (bicyclic) bond motifs is 1. The Kier molecular flexibility index (Phi) is 3.10. The van der Waals surface area contributed by atoms with E-state index in [2.05, 4.69) is 26.8 Å². The fraction of sp³-hybridized carbons (Fsp3) is 0.625. The number of nitrogens with one attached hydrogen (secondary N) is 2. The Bertz CT molecular complexity index is 713. The molecule has 0 aromatic carbocycles. The summed E-state index contributed by atoms with van der Waals surface area (Å²) < 4.78 is 0. The van der Waals surface area contributed by atoms with E-state index >= 15 is 0 Å². The molecule has 0 bridgehead atoms. The summed E-state index contributed by atoms with van der Waals surface area (Å²) in [7, 11) is 0. The van der Waals surface area contributed by atoms with E-state index in [9.17, 15) is 4.79 Å². The summed E-state index contributed by atoms with van der Waals surface area (Å²) in [4.78, 5) is 25.2. The molecule has 112 valence electrons. The maximum atomic E-state index is 12.0. The largest absolute Gasteiger partial charge is 0.340 e. The number of pyridine rings is 1. The monoisotopic (exact) mass is 286 g/mol. The van der Waals surface area contributed by atoms with Gasteiger partial charge >= 0.3 is 0 Å². The number of likely N-dealkylation sites (tertiary alicyclic amines) is 1. The molecule has 2 N–H and O–H groups in total. The highest BCUT2D eigenvalue weighted by Gasteiger charge is 2.27. The van der Waals surface area contributed by atoms with Gasteiger partial charge in [-0.25, -0.2) is 4.98 Å². The van der Waals surface area contributed by atoms with E-state index < -0.39 is 0 Å². The van der Waals surface area contributed by atoms with Gasteiger partial charge in [-0.1, -0.05) is 6.92 Å². The highest BCUT2D eigenvalue weighted by molar-refractivity contribution is 5.78. The van der Waals surface area contributed by atoms with E-state index in [1.165, 1.54) is 31.2 Å². The molecule has 1 unspecified atom stereocenters. The first-order chi connectivity index (χ1) is 10.2. The zero-order valence-corrected chi connectivity index (χ0v) is 12.5. The predicted octanol–water partition coefficient (Wildman–Crippen LogP) is 2.36. The normalized spacial score (nSPS) is 23.8. The van der Waals surface area contributed by atoms with Gasteiger partial charge in [0, 0.05) is 12.7 Å². The van der Waals surface area contributed by atoms with Crippen molar-refractivity contribution in [2.24, 2.45) is 5.92 Å². The Balaban J connectivity index is 1.65. The average Bonchev–Trinajstić information content (AvgIpc) is 3.20. The molecule has 4 rings (SSSR count). The number of hydrogen-bond donors (Lipinski definition) is 2. The van der Waals surface area contributed by atoms with Gasteiger partial charge in [0.15, 0.2) is 5.52 Å². The lowest BCUT2D eigenvalue weighted by molar-refractivity contribution is 0.173. The summed E-state index contributed by atoms with van der Waals surface area (Å²) in [6.07, 6.45) is 6.89. The lowest BCUT2D eigenvalue weighted by Crippen LogP contribution is -2.34. The number of aromatic amines is 2. The number of H-pyrrole nitrogens is 2. The molecule has 1 saturated heterocycles. The zero-order valence-electron chi connectivity index (χ0n) is 12.5. The molecule has 2 aliphatic rings. The quantitative estimate of drug-likeness (QED) is 0.910. The molecular weight excluding hydrogens is 264 g/mol. The molecule has 1 aliphatic carbocycles. The number of imidazole rings is 1. The number of nitrogens with zero attached hydrogens (tertiary/aromatic N) is 2. The van der Waals surface area contributed by atoms with Gasteiger partial charge in [0.05, 0.1) is 12.1 Å². The fourth-order valence-electron chi connectivity index (χ4n) is 3.51. The number of aromatic nitrogens is 3. The Morgan fingerprint density at radius 2 is 2.24 bits per heavy atom. The Hall–Kier alpha value is -1.62. The lowest BCUT2D eigenvalue weighted by atomic mass is 10.0. The third-order valence-electron chi connectivity index (χ3n) is 4.75. The highest BCUT2D eigenvalue weighted by atomic mass is 16.1. The minimum atomic E-state index is -0.0797. The van der Waals surface area contributed by atoms with Crippen LogP contribution in [0.25, 0.3) is 11.0 Å². The summed E-state index contributed by atoms with van der Waals surface area (Å²) in [5.74, 6) is 2.29. The van der Waals surface area contributed by atoms with Gasteiger partial charge in [0.2, 0.25) is 0 Å². The standard InChI is InChI=1S/C16H22N4O/c1-10-3-2-6-20(8-10)9-13-18-14-12(11-4-5-11)7-17-16(21)15(14)19-13/h7,10-11H,2-6,8-9H2,1H3,(H,17,21)(H,18,19). The van der Waals surface area contributed by atoms with Crippen molar-refractivity contribution in [3.8, 4) is 0 Å². The number of rotatable bonds is 3. The minimum Gasteiger partial charge on any atom is -0.340 e. The molecular formula is C16H22N4O. The van der Waals surface area contributed by atoms with Crippen molar-refractivity contribution >= 4 is 11.0 Å². The van der Waals surface area contributed by atoms with Crippen molar-refractivity contribution in [2.45, 2.75) is 45.1 Å². The van der Waals surface area contributed by atoms with Crippen molar-refractivity contribution in [3.63, 3.8) is 0 Å². The van der Waals surface area contributed by atoms with Crippen LogP contribution in [0.15, 0.2) is 11.0 Å². The molecule has 1 aliphatic heterocycles. The molecule has 0 amide bonds. The number of hydrogen-bond acceptors (Lipinski definition) is 3. The minimum absolute atomic E-state index is 0.0797. The Morgan fingerprint density at radius 3 is 3.00 bits per heavy atom. The molecule has 2 fully saturated rings. The Morgan fingerprint density at radius 1 is 1.38 bits per heavy atom. The lowest BCUT2D eigenvalue weighted by Gasteiger charge is -2.29. The van der Waals surface area contributed by atoms with Crippen molar-refractivity contribution in [3.05, 3.63) is 27.9 Å². The third-order valence-corrected chi connectivity index (χ3v) is 4.75. The van der Waals surface area contributed by atoms with Crippen LogP contribution in [-0.2, 0) is 6.54 Å². The summed E-state index contributed by atoms with van der Waals surface area (Å²) in [6, 6.07) is 0. The zero-order chi connectivity index (χ0) is 14.4. The van der Waals surface area contributed by atoms with Gasteiger partial charge in [-0.15, -0.1) is 0 Å². The smallest absolute Gasteiger partial charge is 0.276 e. The van der Waals surface area contributed by atoms with Crippen LogP contribution in [0.3, 0.4) is 0 Å². The Labute approximate surface area is 123 Å². The topological polar surface area (TPSA) is 64.8 Å². The molecule has 1 saturated carbocycles. The van der Waals surface area contributed by atoms with E-state index in [4.69, 9.17) is 0 Å². The van der Waals surface area contributed by atoms with Crippen LogP contribution in [0.2, 0.25) is 0 Å². The molecule has 21 heavy (non-hydrogen) atoms. The third kappa shape index (κ3) is 2.50. The summed E-state index contributed by atoms with van der Waals surface area (Å²) >= 11 is 0. The second kappa shape index (κ2) is 4.98. The van der Waals surface area contributed by atoms with Gasteiger partial charge in [-0.3, -0.25) is 9.69 Å². The summed E-state index contributed by atoms with van der Waals surface area (Å²) in [5, 5.41) is 0. The molecule has 2 aromatic rings. The van der Waals surface area contributed by atoms with Crippen LogP contribution in [-0.4, -0.2) is 32.9 Å². The van der Waals surface area contributed by atoms with E-state index in [1.807, 2.05) is 6.20 Å². The van der Waals surface area contributed by atoms with E-state index in [0.717, 1.165) is 36.9 Å². The first-order valence-corrected chi connectivity index (χ1v) is 8.03. The molecule has 1 atom stereocenters. The van der Waals surface area contributed by atoms with E-state index in [1.54, 1.807) is 0 Å². The molecule has 0 spiro atoms. The van der Waals surface area contributed by atoms with Crippen LogP contribution in [0.5, 0.6) is 0 Å². The predicted molar refractivity (Wildman–Crippen MR) is 82.4 cm³/mol. The second-order valence-electron chi connectivity index (χ2n) is 6.74. The average molecular weight is 286 g/mol.